The van der Waals surface area contributed by atoms with Crippen molar-refractivity contribution in [1.82, 2.24) is 5.32 Å². The first-order valence-electron chi connectivity index (χ1n) is 36.2. The zero-order chi connectivity index (χ0) is 65.5. The highest BCUT2D eigenvalue weighted by Crippen LogP contribution is 2.43. The van der Waals surface area contributed by atoms with E-state index >= 15 is 0 Å². The van der Waals surface area contributed by atoms with Crippen molar-refractivity contribution < 1.29 is 32.9 Å². The molecule has 0 saturated carbocycles. The van der Waals surface area contributed by atoms with Crippen LogP contribution >= 0.6 is 7.82 Å². The number of quaternary nitrogens is 1. The highest BCUT2D eigenvalue weighted by molar-refractivity contribution is 7.47. The summed E-state index contributed by atoms with van der Waals surface area (Å²) in [6, 6.07) is -0.910. The van der Waals surface area contributed by atoms with Gasteiger partial charge in [0, 0.05) is 6.42 Å². The van der Waals surface area contributed by atoms with Gasteiger partial charge in [-0.15, -0.1) is 0 Å². The lowest BCUT2D eigenvalue weighted by molar-refractivity contribution is -0.870. The van der Waals surface area contributed by atoms with Crippen molar-refractivity contribution in [1.29, 1.82) is 0 Å². The van der Waals surface area contributed by atoms with Gasteiger partial charge in [0.1, 0.15) is 13.2 Å². The van der Waals surface area contributed by atoms with E-state index in [1.54, 1.807) is 6.08 Å². The molecule has 8 nitrogen and oxygen atoms in total. The van der Waals surface area contributed by atoms with Gasteiger partial charge in [0.15, 0.2) is 0 Å². The van der Waals surface area contributed by atoms with Crippen LogP contribution in [0, 0.1) is 0 Å². The third-order valence-electron chi connectivity index (χ3n) is 15.1. The van der Waals surface area contributed by atoms with Gasteiger partial charge >= 0.3 is 7.82 Å². The Bertz CT molecular complexity index is 2130. The van der Waals surface area contributed by atoms with Gasteiger partial charge in [-0.05, 0) is 135 Å². The Morgan fingerprint density at radius 3 is 1.02 bits per heavy atom. The Balaban J connectivity index is 4.29. The van der Waals surface area contributed by atoms with Crippen LogP contribution in [0.5, 0.6) is 0 Å². The van der Waals surface area contributed by atoms with E-state index < -0.39 is 20.0 Å². The number of rotatable bonds is 64. The van der Waals surface area contributed by atoms with Crippen molar-refractivity contribution >= 4 is 13.7 Å². The summed E-state index contributed by atoms with van der Waals surface area (Å²) in [4.78, 5) is 23.4. The zero-order valence-corrected chi connectivity index (χ0v) is 59.2. The molecule has 510 valence electrons. The molecule has 0 saturated heterocycles. The Kier molecular flexibility index (Phi) is 65.6. The lowest BCUT2D eigenvalue weighted by atomic mass is 10.0. The Morgan fingerprint density at radius 1 is 0.389 bits per heavy atom. The van der Waals surface area contributed by atoms with Gasteiger partial charge in [-0.1, -0.05) is 312 Å². The fourth-order valence-electron chi connectivity index (χ4n) is 9.53. The second kappa shape index (κ2) is 69.0. The number of phosphoric acid groups is 1. The second-order valence-corrected chi connectivity index (χ2v) is 26.3. The van der Waals surface area contributed by atoms with E-state index in [9.17, 15) is 19.4 Å². The molecule has 0 rings (SSSR count). The van der Waals surface area contributed by atoms with Crippen LogP contribution in [0.4, 0.5) is 0 Å². The van der Waals surface area contributed by atoms with Crippen LogP contribution in [0.3, 0.4) is 0 Å². The summed E-state index contributed by atoms with van der Waals surface area (Å²) in [6.07, 6.45) is 111. The minimum absolute atomic E-state index is 0.0348. The number of nitrogens with zero attached hydrogens (tertiary/aromatic N) is 1. The van der Waals surface area contributed by atoms with E-state index in [1.165, 1.54) is 128 Å². The number of nitrogens with one attached hydrogen (secondary N) is 1. The molecule has 1 amide bonds. The van der Waals surface area contributed by atoms with E-state index in [0.29, 0.717) is 17.4 Å². The van der Waals surface area contributed by atoms with Crippen molar-refractivity contribution in [2.75, 3.05) is 40.9 Å². The molecule has 0 fully saturated rings. The number of unbranched alkanes of at least 4 members (excludes halogenated alkanes) is 23. The number of phosphoric ester groups is 1. The van der Waals surface area contributed by atoms with Gasteiger partial charge in [0.05, 0.1) is 39.9 Å². The minimum Gasteiger partial charge on any atom is -0.387 e. The largest absolute Gasteiger partial charge is 0.472 e. The van der Waals surface area contributed by atoms with Crippen molar-refractivity contribution in [3.8, 4) is 0 Å². The van der Waals surface area contributed by atoms with Crippen LogP contribution in [0.1, 0.15) is 271 Å². The molecule has 3 atom stereocenters. The molecule has 0 aromatic carbocycles. The van der Waals surface area contributed by atoms with Gasteiger partial charge < -0.3 is 19.8 Å². The number of carbonyl (C=O) groups is 1. The van der Waals surface area contributed by atoms with Crippen molar-refractivity contribution in [3.05, 3.63) is 182 Å². The van der Waals surface area contributed by atoms with Gasteiger partial charge in [0.25, 0.3) is 0 Å². The molecule has 3 unspecified atom stereocenters. The van der Waals surface area contributed by atoms with E-state index in [2.05, 4.69) is 189 Å². The normalized spacial score (nSPS) is 14.7. The molecule has 9 heteroatoms. The van der Waals surface area contributed by atoms with Crippen LogP contribution in [-0.2, 0) is 18.4 Å². The van der Waals surface area contributed by atoms with E-state index in [4.69, 9.17) is 9.05 Å². The SMILES string of the molecule is CC/C=C\C/C=C\C/C=C\C/C=C\C/C=C\C/C=C\C/C=C\C/C=C\C/C=C\C/C=C\C/C=C\C/C=C\CCCCC(=O)NC(COP(=O)(O)OCC[N+](C)(C)C)C(O)/C=C/CC/C=C/CC/C=C/CCCCCCCCCCCCCCCCCCCCC. The van der Waals surface area contributed by atoms with E-state index in [1.807, 2.05) is 27.2 Å². The molecule has 0 aliphatic heterocycles. The van der Waals surface area contributed by atoms with Crippen LogP contribution in [0.15, 0.2) is 182 Å². The van der Waals surface area contributed by atoms with Crippen molar-refractivity contribution in [3.63, 3.8) is 0 Å². The van der Waals surface area contributed by atoms with Gasteiger partial charge in [0.2, 0.25) is 5.91 Å². The fourth-order valence-corrected chi connectivity index (χ4v) is 10.3. The number of amides is 1. The number of aliphatic hydroxyl groups is 1. The standard InChI is InChI=1S/C81H135N2O6P/c1-6-8-10-12-14-16-18-20-22-24-26-28-30-32-34-36-37-38-39-40-41-42-43-44-45-47-49-51-53-55-57-59-61-63-65-67-69-71-73-75-81(85)82-79(78-89-90(86,87)88-77-76-83(3,4)5)80(84)74-72-70-68-66-64-62-60-58-56-54-52-50-48-46-35-33-31-29-27-25-23-21-19-17-15-13-11-9-7-2/h8,10,14,16,20,22,26,28,32,34,37-38,40-41,43-44,47,49,53,55-56,58-59,61,64-67,72,74,79-80,84H,6-7,9,11-13,15,17-19,21,23-25,27,29-31,33,35-36,39,42,45-46,48,50-52,54,57,60,62-63,68-71,73,75-78H2,1-5H3,(H-,82,85,86,87)/p+1/b10-8-,16-14-,22-20-,28-26-,34-32-,38-37-,41-40-,44-43-,49-47-,55-53-,58-56+,61-59-,66-64+,67-65-,74-72+. The molecule has 0 aliphatic carbocycles. The molecule has 0 radical (unpaired) electrons. The summed E-state index contributed by atoms with van der Waals surface area (Å²) in [5, 5.41) is 13.9. The first-order valence-corrected chi connectivity index (χ1v) is 37.7. The maximum atomic E-state index is 13.0. The monoisotopic (exact) mass is 1260 g/mol. The molecule has 3 N–H and O–H groups in total. The van der Waals surface area contributed by atoms with Crippen molar-refractivity contribution in [2.45, 2.75) is 283 Å². The predicted octanol–water partition coefficient (Wildman–Crippen LogP) is 23.7. The third-order valence-corrected chi connectivity index (χ3v) is 16.1. The molecule has 0 heterocycles. The van der Waals surface area contributed by atoms with E-state index in [0.717, 1.165) is 116 Å². The predicted molar refractivity (Wildman–Crippen MR) is 396 cm³/mol. The molecule has 90 heavy (non-hydrogen) atoms. The molecule has 0 aromatic heterocycles. The van der Waals surface area contributed by atoms with Gasteiger partial charge in [-0.3, -0.25) is 13.8 Å². The quantitative estimate of drug-likeness (QED) is 0.0243. The molecule has 0 spiro atoms. The van der Waals surface area contributed by atoms with Crippen LogP contribution in [0.25, 0.3) is 0 Å². The molecule has 0 aliphatic rings. The zero-order valence-electron chi connectivity index (χ0n) is 58.3. The van der Waals surface area contributed by atoms with Crippen LogP contribution in [-0.4, -0.2) is 73.4 Å². The second-order valence-electron chi connectivity index (χ2n) is 24.9. The number of hydrogen-bond donors (Lipinski definition) is 3. The molecular weight excluding hydrogens is 1130 g/mol. The summed E-state index contributed by atoms with van der Waals surface area (Å²) in [6.45, 7) is 4.64. The fraction of sp³-hybridized carbons (Fsp3) is 0.617. The first-order chi connectivity index (χ1) is 44.0. The molecular formula is C81H136N2O6P+. The lowest BCUT2D eigenvalue weighted by Crippen LogP contribution is -2.45. The summed E-state index contributed by atoms with van der Waals surface area (Å²) in [5.74, 6) is -0.239. The topological polar surface area (TPSA) is 105 Å². The highest BCUT2D eigenvalue weighted by atomic mass is 31.2. The third kappa shape index (κ3) is 71.0. The van der Waals surface area contributed by atoms with Crippen molar-refractivity contribution in [2.24, 2.45) is 0 Å². The van der Waals surface area contributed by atoms with Crippen LogP contribution in [0.2, 0.25) is 0 Å². The van der Waals surface area contributed by atoms with Gasteiger partial charge in [-0.25, -0.2) is 4.57 Å². The first kappa shape index (κ1) is 85.6. The molecule has 0 aromatic rings. The smallest absolute Gasteiger partial charge is 0.387 e. The lowest BCUT2D eigenvalue weighted by Gasteiger charge is -2.25. The summed E-state index contributed by atoms with van der Waals surface area (Å²) >= 11 is 0. The number of likely N-dealkylation sites (N-methyl/N-ethyl adjacent to an activating group) is 1. The Labute approximate surface area is 555 Å². The maximum absolute atomic E-state index is 13.0. The molecule has 0 bridgehead atoms. The average Bonchev–Trinajstić information content (AvgIpc) is 3.72. The maximum Gasteiger partial charge on any atom is 0.472 e. The Hall–Kier alpha value is -4.40. The number of allylic oxidation sites excluding steroid dienone is 29. The average molecular weight is 1260 g/mol. The summed E-state index contributed by atoms with van der Waals surface area (Å²) < 4.78 is 23.8. The van der Waals surface area contributed by atoms with Gasteiger partial charge in [-0.2, -0.15) is 0 Å². The number of hydrogen-bond acceptors (Lipinski definition) is 5. The minimum atomic E-state index is -4.39. The van der Waals surface area contributed by atoms with Crippen LogP contribution < -0.4 is 5.32 Å². The number of carbonyl (C=O) groups excluding carboxylic acids is 1. The number of aliphatic hydroxyl groups excluding tert-OH is 1. The van der Waals surface area contributed by atoms with E-state index in [-0.39, 0.29) is 25.5 Å². The Morgan fingerprint density at radius 2 is 0.678 bits per heavy atom. The highest BCUT2D eigenvalue weighted by Gasteiger charge is 2.28. The summed E-state index contributed by atoms with van der Waals surface area (Å²) in [5.41, 5.74) is 0. The summed E-state index contributed by atoms with van der Waals surface area (Å²) in [7, 11) is 1.49.